The van der Waals surface area contributed by atoms with Gasteiger partial charge in [0.15, 0.2) is 5.82 Å². The summed E-state index contributed by atoms with van der Waals surface area (Å²) in [6.45, 7) is 8.02. The molecule has 0 radical (unpaired) electrons. The number of nitrogens with one attached hydrogen (secondary N) is 1. The van der Waals surface area contributed by atoms with Crippen molar-refractivity contribution in [3.8, 4) is 0 Å². The highest BCUT2D eigenvalue weighted by Crippen LogP contribution is 2.21. The monoisotopic (exact) mass is 309 g/mol. The van der Waals surface area contributed by atoms with Crippen molar-refractivity contribution in [1.82, 2.24) is 15.0 Å². The van der Waals surface area contributed by atoms with E-state index < -0.39 is 5.60 Å². The van der Waals surface area contributed by atoms with Crippen LogP contribution >= 0.6 is 12.2 Å². The van der Waals surface area contributed by atoms with E-state index >= 15 is 0 Å². The Morgan fingerprint density at radius 3 is 2.86 bits per heavy atom. The Kier molecular flexibility index (Phi) is 4.32. The topological polar surface area (TPSA) is 71.4 Å². The average Bonchev–Trinajstić information content (AvgIpc) is 2.91. The van der Waals surface area contributed by atoms with Crippen molar-refractivity contribution in [3.05, 3.63) is 28.4 Å². The first-order valence-corrected chi connectivity index (χ1v) is 7.09. The Labute approximate surface area is 128 Å². The molecule has 1 aromatic heterocycles. The van der Waals surface area contributed by atoms with Crippen LogP contribution in [-0.4, -0.2) is 39.3 Å². The predicted molar refractivity (Wildman–Crippen MR) is 81.2 cm³/mol. The number of nitrogens with zero attached hydrogens (tertiary/aromatic N) is 2. The lowest BCUT2D eigenvalue weighted by Gasteiger charge is -2.27. The highest BCUT2D eigenvalue weighted by atomic mass is 32.1. The van der Waals surface area contributed by atoms with Crippen molar-refractivity contribution >= 4 is 24.4 Å². The number of ether oxygens (including phenoxy) is 1. The first kappa shape index (κ1) is 15.5. The standard InChI is InChI=1S/C14H19N3O3S/c1-9-7-10(5-6-11-15-12(21)20-16-11)8-17(9)13(18)19-14(2,3)4/h5-7,9H,8H2,1-4H3,(H,15,16,21)/b6-5+/t9-/m1/s1. The quantitative estimate of drug-likeness (QED) is 0.849. The summed E-state index contributed by atoms with van der Waals surface area (Å²) in [6, 6.07) is -0.00435. The maximum Gasteiger partial charge on any atom is 0.411 e. The minimum atomic E-state index is -0.495. The van der Waals surface area contributed by atoms with E-state index in [1.54, 1.807) is 11.0 Å². The highest BCUT2D eigenvalue weighted by Gasteiger charge is 2.29. The molecule has 0 unspecified atom stereocenters. The molecule has 6 nitrogen and oxygen atoms in total. The number of carbonyl (C=O) groups is 1. The normalized spacial score (nSPS) is 19.1. The summed E-state index contributed by atoms with van der Waals surface area (Å²) < 4.78 is 10.2. The molecule has 0 saturated heterocycles. The number of hydrogen-bond acceptors (Lipinski definition) is 5. The molecule has 0 spiro atoms. The Balaban J connectivity index is 1.99. The number of H-pyrrole nitrogens is 1. The van der Waals surface area contributed by atoms with Gasteiger partial charge in [0.2, 0.25) is 0 Å². The van der Waals surface area contributed by atoms with E-state index in [2.05, 4.69) is 10.1 Å². The second-order valence-corrected chi connectivity index (χ2v) is 6.24. The fourth-order valence-electron chi connectivity index (χ4n) is 1.95. The van der Waals surface area contributed by atoms with Gasteiger partial charge in [0, 0.05) is 6.54 Å². The molecule has 1 aromatic rings. The lowest BCUT2D eigenvalue weighted by Crippen LogP contribution is -2.39. The van der Waals surface area contributed by atoms with Gasteiger partial charge in [-0.05, 0) is 51.6 Å². The second-order valence-electron chi connectivity index (χ2n) is 5.89. The van der Waals surface area contributed by atoms with Crippen LogP contribution in [-0.2, 0) is 4.74 Å². The Bertz CT molecular complexity index is 636. The van der Waals surface area contributed by atoms with Gasteiger partial charge < -0.3 is 9.26 Å². The van der Waals surface area contributed by atoms with Crippen molar-refractivity contribution in [3.63, 3.8) is 0 Å². The van der Waals surface area contributed by atoms with Crippen LogP contribution in [0.2, 0.25) is 0 Å². The van der Waals surface area contributed by atoms with E-state index in [1.165, 1.54) is 0 Å². The summed E-state index contributed by atoms with van der Waals surface area (Å²) in [7, 11) is 0. The van der Waals surface area contributed by atoms with Gasteiger partial charge in [-0.15, -0.1) is 0 Å². The number of rotatable bonds is 2. The highest BCUT2D eigenvalue weighted by molar-refractivity contribution is 7.71. The third kappa shape index (κ3) is 4.29. The molecule has 1 atom stereocenters. The van der Waals surface area contributed by atoms with E-state index in [9.17, 15) is 4.79 Å². The fraction of sp³-hybridized carbons (Fsp3) is 0.500. The van der Waals surface area contributed by atoms with Crippen LogP contribution in [0.5, 0.6) is 0 Å². The molecule has 0 aromatic carbocycles. The van der Waals surface area contributed by atoms with Crippen LogP contribution in [0.15, 0.2) is 22.2 Å². The maximum absolute atomic E-state index is 12.1. The second kappa shape index (κ2) is 5.85. The van der Waals surface area contributed by atoms with Crippen LogP contribution in [0, 0.1) is 4.84 Å². The van der Waals surface area contributed by atoms with Gasteiger partial charge in [-0.1, -0.05) is 12.2 Å². The molecule has 1 aliphatic rings. The van der Waals surface area contributed by atoms with Gasteiger partial charge in [0.25, 0.3) is 0 Å². The zero-order valence-electron chi connectivity index (χ0n) is 12.5. The van der Waals surface area contributed by atoms with Crippen LogP contribution in [0.25, 0.3) is 6.08 Å². The molecule has 0 bridgehead atoms. The van der Waals surface area contributed by atoms with Gasteiger partial charge in [-0.2, -0.15) is 4.98 Å². The summed E-state index contributed by atoms with van der Waals surface area (Å²) in [4.78, 5) is 17.9. The molecule has 0 saturated carbocycles. The lowest BCUT2D eigenvalue weighted by molar-refractivity contribution is 0.0251. The van der Waals surface area contributed by atoms with Crippen molar-refractivity contribution in [2.24, 2.45) is 0 Å². The molecule has 1 N–H and O–H groups in total. The van der Waals surface area contributed by atoms with Crippen molar-refractivity contribution < 1.29 is 14.1 Å². The van der Waals surface area contributed by atoms with E-state index in [0.717, 1.165) is 5.57 Å². The summed E-state index contributed by atoms with van der Waals surface area (Å²) in [5.41, 5.74) is 0.515. The number of aromatic amines is 1. The van der Waals surface area contributed by atoms with Gasteiger partial charge in [-0.3, -0.25) is 4.90 Å². The summed E-state index contributed by atoms with van der Waals surface area (Å²) >= 11 is 4.78. The van der Waals surface area contributed by atoms with Crippen molar-refractivity contribution in [2.45, 2.75) is 39.3 Å². The number of carbonyl (C=O) groups excluding carboxylic acids is 1. The van der Waals surface area contributed by atoms with Crippen molar-refractivity contribution in [1.29, 1.82) is 0 Å². The minimum absolute atomic E-state index is 0.00435. The zero-order valence-corrected chi connectivity index (χ0v) is 13.4. The van der Waals surface area contributed by atoms with E-state index in [0.29, 0.717) is 12.4 Å². The van der Waals surface area contributed by atoms with Crippen LogP contribution in [0.3, 0.4) is 0 Å². The van der Waals surface area contributed by atoms with E-state index in [-0.39, 0.29) is 17.0 Å². The minimum Gasteiger partial charge on any atom is -0.444 e. The largest absolute Gasteiger partial charge is 0.444 e. The molecule has 2 heterocycles. The molecule has 7 heteroatoms. The number of hydrogen-bond donors (Lipinski definition) is 1. The molecule has 2 rings (SSSR count). The van der Waals surface area contributed by atoms with Crippen LogP contribution in [0.1, 0.15) is 33.5 Å². The summed E-state index contributed by atoms with van der Waals surface area (Å²) in [5.74, 6) is 0.546. The Morgan fingerprint density at radius 1 is 1.57 bits per heavy atom. The van der Waals surface area contributed by atoms with Gasteiger partial charge >= 0.3 is 10.9 Å². The molecular formula is C14H19N3O3S. The number of aromatic nitrogens is 2. The van der Waals surface area contributed by atoms with Gasteiger partial charge in [0.05, 0.1) is 6.04 Å². The molecule has 0 fully saturated rings. The van der Waals surface area contributed by atoms with E-state index in [1.807, 2.05) is 39.8 Å². The smallest absolute Gasteiger partial charge is 0.411 e. The average molecular weight is 309 g/mol. The Hall–Kier alpha value is -1.89. The third-order valence-corrected chi connectivity index (χ3v) is 3.01. The van der Waals surface area contributed by atoms with Gasteiger partial charge in [-0.25, -0.2) is 9.95 Å². The molecule has 21 heavy (non-hydrogen) atoms. The summed E-state index contributed by atoms with van der Waals surface area (Å²) in [6.07, 6.45) is 5.34. The first-order valence-electron chi connectivity index (χ1n) is 6.68. The zero-order chi connectivity index (χ0) is 15.6. The third-order valence-electron chi connectivity index (χ3n) is 2.84. The maximum atomic E-state index is 12.1. The van der Waals surface area contributed by atoms with Crippen LogP contribution < -0.4 is 0 Å². The molecular weight excluding hydrogens is 290 g/mol. The summed E-state index contributed by atoms with van der Waals surface area (Å²) in [5, 5.41) is 2.60. The van der Waals surface area contributed by atoms with Crippen molar-refractivity contribution in [2.75, 3.05) is 6.54 Å². The fourth-order valence-corrected chi connectivity index (χ4v) is 2.09. The van der Waals surface area contributed by atoms with E-state index in [4.69, 9.17) is 21.5 Å². The molecule has 114 valence electrons. The predicted octanol–water partition coefficient (Wildman–Crippen LogP) is 3.31. The molecule has 1 amide bonds. The van der Waals surface area contributed by atoms with Gasteiger partial charge in [0.1, 0.15) is 5.60 Å². The first-order chi connectivity index (χ1) is 9.74. The molecule has 0 aliphatic carbocycles. The molecule has 1 aliphatic heterocycles. The van der Waals surface area contributed by atoms with Crippen LogP contribution in [0.4, 0.5) is 4.79 Å². The Morgan fingerprint density at radius 2 is 2.29 bits per heavy atom. The number of amides is 1. The SMILES string of the molecule is C[C@@H]1C=C(/C=C/c2nc(=S)o[nH]2)CN1C(=O)OC(C)(C)C. The lowest BCUT2D eigenvalue weighted by atomic mass is 10.2.